The van der Waals surface area contributed by atoms with Crippen LogP contribution < -0.4 is 4.90 Å². The molecule has 0 saturated heterocycles. The van der Waals surface area contributed by atoms with Gasteiger partial charge in [-0.05, 0) is 44.7 Å². The van der Waals surface area contributed by atoms with Crippen molar-refractivity contribution in [1.29, 1.82) is 5.26 Å². The van der Waals surface area contributed by atoms with Crippen LogP contribution in [0.25, 0.3) is 0 Å². The standard InChI is InChI=1S/C13H17N3/c1-3-16(9-11-5-6-11)13-12(8-14)7-4-10(2)15-13/h4,7,11H,3,5-6,9H2,1-2H3. The molecule has 1 aliphatic carbocycles. The Morgan fingerprint density at radius 2 is 2.25 bits per heavy atom. The Balaban J connectivity index is 2.27. The number of hydrogen-bond acceptors (Lipinski definition) is 3. The van der Waals surface area contributed by atoms with Crippen LogP contribution in [0.2, 0.25) is 0 Å². The van der Waals surface area contributed by atoms with Crippen LogP contribution in [-0.2, 0) is 0 Å². The summed E-state index contributed by atoms with van der Waals surface area (Å²) in [4.78, 5) is 6.72. The molecule has 0 amide bonds. The zero-order chi connectivity index (χ0) is 11.5. The number of aryl methyl sites for hydroxylation is 1. The molecule has 0 N–H and O–H groups in total. The highest BCUT2D eigenvalue weighted by molar-refractivity contribution is 5.54. The van der Waals surface area contributed by atoms with Crippen LogP contribution in [0.3, 0.4) is 0 Å². The van der Waals surface area contributed by atoms with Gasteiger partial charge in [-0.3, -0.25) is 0 Å². The summed E-state index contributed by atoms with van der Waals surface area (Å²) in [5.74, 6) is 1.67. The van der Waals surface area contributed by atoms with Gasteiger partial charge in [-0.2, -0.15) is 5.26 Å². The van der Waals surface area contributed by atoms with Gasteiger partial charge in [0.1, 0.15) is 11.9 Å². The number of rotatable bonds is 4. The van der Waals surface area contributed by atoms with E-state index in [9.17, 15) is 0 Å². The topological polar surface area (TPSA) is 39.9 Å². The predicted molar refractivity (Wildman–Crippen MR) is 64.3 cm³/mol. The maximum absolute atomic E-state index is 9.09. The average Bonchev–Trinajstić information content (AvgIpc) is 3.09. The average molecular weight is 215 g/mol. The van der Waals surface area contributed by atoms with E-state index in [0.717, 1.165) is 30.5 Å². The molecule has 0 aliphatic heterocycles. The summed E-state index contributed by atoms with van der Waals surface area (Å²) >= 11 is 0. The molecular weight excluding hydrogens is 198 g/mol. The van der Waals surface area contributed by atoms with E-state index in [0.29, 0.717) is 5.56 Å². The van der Waals surface area contributed by atoms with E-state index in [2.05, 4.69) is 22.9 Å². The van der Waals surface area contributed by atoms with Crippen molar-refractivity contribution < 1.29 is 0 Å². The molecule has 16 heavy (non-hydrogen) atoms. The van der Waals surface area contributed by atoms with Gasteiger partial charge in [0.15, 0.2) is 0 Å². The highest BCUT2D eigenvalue weighted by atomic mass is 15.2. The van der Waals surface area contributed by atoms with Crippen LogP contribution in [0.5, 0.6) is 0 Å². The number of pyridine rings is 1. The van der Waals surface area contributed by atoms with Crippen LogP contribution in [0.1, 0.15) is 31.0 Å². The van der Waals surface area contributed by atoms with Crippen LogP contribution >= 0.6 is 0 Å². The SMILES string of the molecule is CCN(CC1CC1)c1nc(C)ccc1C#N. The molecule has 1 saturated carbocycles. The first-order valence-electron chi connectivity index (χ1n) is 5.87. The van der Waals surface area contributed by atoms with Gasteiger partial charge in [0.2, 0.25) is 0 Å². The number of hydrogen-bond donors (Lipinski definition) is 0. The second-order valence-electron chi connectivity index (χ2n) is 4.42. The summed E-state index contributed by atoms with van der Waals surface area (Å²) in [6.45, 7) is 6.05. The Morgan fingerprint density at radius 3 is 2.81 bits per heavy atom. The van der Waals surface area contributed by atoms with Gasteiger partial charge >= 0.3 is 0 Å². The summed E-state index contributed by atoms with van der Waals surface area (Å²) in [7, 11) is 0. The van der Waals surface area contributed by atoms with Crippen molar-refractivity contribution in [3.05, 3.63) is 23.4 Å². The lowest BCUT2D eigenvalue weighted by Gasteiger charge is -2.23. The molecule has 84 valence electrons. The number of aromatic nitrogens is 1. The Hall–Kier alpha value is -1.56. The van der Waals surface area contributed by atoms with Crippen LogP contribution in [0.15, 0.2) is 12.1 Å². The van der Waals surface area contributed by atoms with Crippen molar-refractivity contribution in [3.63, 3.8) is 0 Å². The van der Waals surface area contributed by atoms with E-state index in [4.69, 9.17) is 5.26 Å². The Bertz CT molecular complexity index is 416. The van der Waals surface area contributed by atoms with Gasteiger partial charge in [-0.1, -0.05) is 0 Å². The quantitative estimate of drug-likeness (QED) is 0.774. The summed E-state index contributed by atoms with van der Waals surface area (Å²) in [6.07, 6.45) is 2.65. The van der Waals surface area contributed by atoms with E-state index < -0.39 is 0 Å². The molecule has 2 rings (SSSR count). The fraction of sp³-hybridized carbons (Fsp3) is 0.538. The minimum atomic E-state index is 0.688. The van der Waals surface area contributed by atoms with Crippen molar-refractivity contribution >= 4 is 5.82 Å². The second-order valence-corrected chi connectivity index (χ2v) is 4.42. The molecule has 1 aromatic heterocycles. The van der Waals surface area contributed by atoms with E-state index in [1.165, 1.54) is 12.8 Å². The Kier molecular flexibility index (Phi) is 3.09. The van der Waals surface area contributed by atoms with Gasteiger partial charge in [0.25, 0.3) is 0 Å². The molecule has 0 unspecified atom stereocenters. The fourth-order valence-electron chi connectivity index (χ4n) is 1.85. The molecule has 0 aromatic carbocycles. The van der Waals surface area contributed by atoms with Gasteiger partial charge in [0, 0.05) is 18.8 Å². The smallest absolute Gasteiger partial charge is 0.146 e. The molecule has 1 aromatic rings. The van der Waals surface area contributed by atoms with E-state index in [1.54, 1.807) is 0 Å². The van der Waals surface area contributed by atoms with Crippen molar-refractivity contribution in [1.82, 2.24) is 4.98 Å². The van der Waals surface area contributed by atoms with Gasteiger partial charge in [-0.15, -0.1) is 0 Å². The van der Waals surface area contributed by atoms with Crippen LogP contribution in [-0.4, -0.2) is 18.1 Å². The molecule has 0 atom stereocenters. The van der Waals surface area contributed by atoms with E-state index in [1.807, 2.05) is 19.1 Å². The van der Waals surface area contributed by atoms with Crippen LogP contribution in [0, 0.1) is 24.2 Å². The zero-order valence-corrected chi connectivity index (χ0v) is 9.90. The minimum absolute atomic E-state index is 0.688. The summed E-state index contributed by atoms with van der Waals surface area (Å²) in [5, 5.41) is 9.09. The minimum Gasteiger partial charge on any atom is -0.356 e. The van der Waals surface area contributed by atoms with Crippen molar-refractivity contribution in [2.45, 2.75) is 26.7 Å². The maximum Gasteiger partial charge on any atom is 0.146 e. The van der Waals surface area contributed by atoms with Crippen LogP contribution in [0.4, 0.5) is 5.82 Å². The third-order valence-corrected chi connectivity index (χ3v) is 2.99. The lowest BCUT2D eigenvalue weighted by molar-refractivity contribution is 0.729. The second kappa shape index (κ2) is 4.52. The third kappa shape index (κ3) is 2.33. The molecular formula is C13H17N3. The first-order valence-corrected chi connectivity index (χ1v) is 5.87. The zero-order valence-electron chi connectivity index (χ0n) is 9.90. The molecule has 1 aliphatic rings. The van der Waals surface area contributed by atoms with E-state index in [-0.39, 0.29) is 0 Å². The molecule has 0 bridgehead atoms. The normalized spacial score (nSPS) is 14.6. The first kappa shape index (κ1) is 10.9. The van der Waals surface area contributed by atoms with Gasteiger partial charge in [-0.25, -0.2) is 4.98 Å². The fourth-order valence-corrected chi connectivity index (χ4v) is 1.85. The maximum atomic E-state index is 9.09. The molecule has 1 fully saturated rings. The Morgan fingerprint density at radius 1 is 1.50 bits per heavy atom. The van der Waals surface area contributed by atoms with Crippen molar-refractivity contribution in [2.24, 2.45) is 5.92 Å². The van der Waals surface area contributed by atoms with Crippen molar-refractivity contribution in [2.75, 3.05) is 18.0 Å². The third-order valence-electron chi connectivity index (χ3n) is 2.99. The first-order chi connectivity index (χ1) is 7.74. The summed E-state index contributed by atoms with van der Waals surface area (Å²) < 4.78 is 0. The molecule has 0 spiro atoms. The molecule has 0 radical (unpaired) electrons. The number of nitrogens with zero attached hydrogens (tertiary/aromatic N) is 3. The highest BCUT2D eigenvalue weighted by Gasteiger charge is 2.25. The summed E-state index contributed by atoms with van der Waals surface area (Å²) in [6, 6.07) is 5.99. The highest BCUT2D eigenvalue weighted by Crippen LogP contribution is 2.31. The lowest BCUT2D eigenvalue weighted by Crippen LogP contribution is -2.27. The van der Waals surface area contributed by atoms with Crippen molar-refractivity contribution in [3.8, 4) is 6.07 Å². The Labute approximate surface area is 96.7 Å². The number of anilines is 1. The molecule has 1 heterocycles. The summed E-state index contributed by atoms with van der Waals surface area (Å²) in [5.41, 5.74) is 1.66. The largest absolute Gasteiger partial charge is 0.356 e. The number of nitriles is 1. The van der Waals surface area contributed by atoms with Gasteiger partial charge in [0.05, 0.1) is 5.56 Å². The monoisotopic (exact) mass is 215 g/mol. The van der Waals surface area contributed by atoms with E-state index >= 15 is 0 Å². The van der Waals surface area contributed by atoms with Gasteiger partial charge < -0.3 is 4.90 Å². The molecule has 3 nitrogen and oxygen atoms in total. The predicted octanol–water partition coefficient (Wildman–Crippen LogP) is 2.50. The molecule has 3 heteroatoms. The lowest BCUT2D eigenvalue weighted by atomic mass is 10.2.